The number of aliphatic hydroxyl groups excluding tert-OH is 1. The maximum absolute atomic E-state index is 13.9. The number of halogens is 1. The van der Waals surface area contributed by atoms with Crippen molar-refractivity contribution < 1.29 is 9.50 Å². The second-order valence-electron chi connectivity index (χ2n) is 5.05. The van der Waals surface area contributed by atoms with Gasteiger partial charge < -0.3 is 10.8 Å². The van der Waals surface area contributed by atoms with Crippen molar-refractivity contribution >= 4 is 0 Å². The zero-order chi connectivity index (χ0) is 15.1. The van der Waals surface area contributed by atoms with Crippen LogP contribution in [-0.2, 0) is 19.6 Å². The maximum Gasteiger partial charge on any atom is 0.127 e. The molecule has 0 fully saturated rings. The van der Waals surface area contributed by atoms with Gasteiger partial charge in [-0.15, -0.1) is 0 Å². The molecule has 2 rings (SSSR count). The first kappa shape index (κ1) is 15.6. The van der Waals surface area contributed by atoms with Gasteiger partial charge in [-0.2, -0.15) is 0 Å². The van der Waals surface area contributed by atoms with Crippen molar-refractivity contribution in [2.24, 2.45) is 5.73 Å². The second-order valence-corrected chi connectivity index (χ2v) is 5.05. The van der Waals surface area contributed by atoms with E-state index in [-0.39, 0.29) is 12.4 Å². The Morgan fingerprint density at radius 1 is 1.00 bits per heavy atom. The maximum atomic E-state index is 13.9. The molecule has 0 unspecified atom stereocenters. The molecule has 0 aliphatic rings. The Labute approximate surface area is 124 Å². The molecule has 0 heterocycles. The van der Waals surface area contributed by atoms with Gasteiger partial charge in [-0.05, 0) is 17.2 Å². The number of benzene rings is 2. The minimum absolute atomic E-state index is 0.0467. The fourth-order valence-electron chi connectivity index (χ4n) is 2.31. The average Bonchev–Trinajstić information content (AvgIpc) is 2.51. The first-order valence-corrected chi connectivity index (χ1v) is 7.07. The summed E-state index contributed by atoms with van der Waals surface area (Å²) in [5, 5.41) is 9.21. The minimum atomic E-state index is -0.233. The molecule has 0 radical (unpaired) electrons. The Morgan fingerprint density at radius 3 is 2.43 bits per heavy atom. The van der Waals surface area contributed by atoms with Crippen LogP contribution in [0.3, 0.4) is 0 Å². The van der Waals surface area contributed by atoms with Crippen LogP contribution in [0.1, 0.15) is 16.7 Å². The Balaban J connectivity index is 2.12. The van der Waals surface area contributed by atoms with E-state index in [9.17, 15) is 9.50 Å². The average molecular weight is 288 g/mol. The van der Waals surface area contributed by atoms with Gasteiger partial charge in [-0.25, -0.2) is 4.39 Å². The van der Waals surface area contributed by atoms with Crippen LogP contribution < -0.4 is 5.73 Å². The van der Waals surface area contributed by atoms with Crippen molar-refractivity contribution in [1.29, 1.82) is 0 Å². The van der Waals surface area contributed by atoms with Crippen LogP contribution in [0.15, 0.2) is 48.5 Å². The third-order valence-electron chi connectivity index (χ3n) is 3.41. The highest BCUT2D eigenvalue weighted by atomic mass is 19.1. The van der Waals surface area contributed by atoms with Gasteiger partial charge in [0, 0.05) is 31.7 Å². The first-order valence-electron chi connectivity index (χ1n) is 7.07. The van der Waals surface area contributed by atoms with Crippen molar-refractivity contribution in [3.05, 3.63) is 71.0 Å². The number of hydrogen-bond acceptors (Lipinski definition) is 3. The molecule has 3 nitrogen and oxygen atoms in total. The van der Waals surface area contributed by atoms with E-state index in [1.165, 1.54) is 6.07 Å². The smallest absolute Gasteiger partial charge is 0.127 e. The van der Waals surface area contributed by atoms with Crippen LogP contribution in [0.4, 0.5) is 4.39 Å². The Kier molecular flexibility index (Phi) is 5.87. The zero-order valence-corrected chi connectivity index (χ0v) is 12.0. The minimum Gasteiger partial charge on any atom is -0.395 e. The van der Waals surface area contributed by atoms with Crippen LogP contribution in [0.2, 0.25) is 0 Å². The molecule has 112 valence electrons. The summed E-state index contributed by atoms with van der Waals surface area (Å²) < 4.78 is 13.9. The molecule has 0 aromatic heterocycles. The van der Waals surface area contributed by atoms with E-state index in [0.717, 1.165) is 11.1 Å². The largest absolute Gasteiger partial charge is 0.395 e. The zero-order valence-electron chi connectivity index (χ0n) is 12.0. The summed E-state index contributed by atoms with van der Waals surface area (Å²) in [5.74, 6) is -0.233. The van der Waals surface area contributed by atoms with Crippen LogP contribution in [-0.4, -0.2) is 23.2 Å². The monoisotopic (exact) mass is 288 g/mol. The molecule has 2 aromatic rings. The fraction of sp³-hybridized carbons (Fsp3) is 0.294. The summed E-state index contributed by atoms with van der Waals surface area (Å²) in [4.78, 5) is 2.02. The topological polar surface area (TPSA) is 49.5 Å². The van der Waals surface area contributed by atoms with Crippen molar-refractivity contribution in [3.8, 4) is 0 Å². The number of nitrogens with two attached hydrogens (primary N) is 1. The van der Waals surface area contributed by atoms with Gasteiger partial charge in [0.15, 0.2) is 0 Å². The standard InChI is InChI=1S/C17H21FN2O/c18-17-7-6-15(11-19)10-16(17)13-20(8-9-21)12-14-4-2-1-3-5-14/h1-7,10,21H,8-9,11-13,19H2. The van der Waals surface area contributed by atoms with Crippen LogP contribution in [0.25, 0.3) is 0 Å². The van der Waals surface area contributed by atoms with E-state index in [0.29, 0.717) is 31.7 Å². The van der Waals surface area contributed by atoms with Crippen molar-refractivity contribution in [2.75, 3.05) is 13.2 Å². The first-order chi connectivity index (χ1) is 10.2. The predicted octanol–water partition coefficient (Wildman–Crippen LogP) is 2.28. The molecule has 0 bridgehead atoms. The molecule has 0 aliphatic heterocycles. The normalized spacial score (nSPS) is 11.0. The summed E-state index contributed by atoms with van der Waals surface area (Å²) in [7, 11) is 0. The summed E-state index contributed by atoms with van der Waals surface area (Å²) >= 11 is 0. The lowest BCUT2D eigenvalue weighted by atomic mass is 10.1. The Bertz CT molecular complexity index is 560. The molecule has 0 amide bonds. The Hall–Kier alpha value is -1.75. The molecule has 0 aliphatic carbocycles. The van der Waals surface area contributed by atoms with Crippen molar-refractivity contribution in [2.45, 2.75) is 19.6 Å². The van der Waals surface area contributed by atoms with Gasteiger partial charge in [0.05, 0.1) is 6.61 Å². The Morgan fingerprint density at radius 2 is 1.76 bits per heavy atom. The molecule has 21 heavy (non-hydrogen) atoms. The summed E-state index contributed by atoms with van der Waals surface area (Å²) in [6.07, 6.45) is 0. The number of rotatable bonds is 7. The summed E-state index contributed by atoms with van der Waals surface area (Å²) in [6, 6.07) is 14.9. The molecular weight excluding hydrogens is 267 g/mol. The summed E-state index contributed by atoms with van der Waals surface area (Å²) in [6.45, 7) is 2.07. The SMILES string of the molecule is NCc1ccc(F)c(CN(CCO)Cc2ccccc2)c1. The van der Waals surface area contributed by atoms with E-state index < -0.39 is 0 Å². The lowest BCUT2D eigenvalue weighted by Gasteiger charge is -2.22. The molecular formula is C17H21FN2O. The van der Waals surface area contributed by atoms with E-state index in [1.807, 2.05) is 35.2 Å². The predicted molar refractivity (Wildman–Crippen MR) is 81.9 cm³/mol. The highest BCUT2D eigenvalue weighted by Crippen LogP contribution is 2.15. The molecule has 0 spiro atoms. The third kappa shape index (κ3) is 4.63. The number of hydrogen-bond donors (Lipinski definition) is 2. The number of aliphatic hydroxyl groups is 1. The van der Waals surface area contributed by atoms with E-state index in [4.69, 9.17) is 5.73 Å². The molecule has 0 saturated heterocycles. The highest BCUT2D eigenvalue weighted by molar-refractivity contribution is 5.25. The van der Waals surface area contributed by atoms with E-state index >= 15 is 0 Å². The molecule has 2 aromatic carbocycles. The molecule has 0 saturated carbocycles. The van der Waals surface area contributed by atoms with Gasteiger partial charge >= 0.3 is 0 Å². The van der Waals surface area contributed by atoms with Gasteiger partial charge in [-0.3, -0.25) is 4.90 Å². The van der Waals surface area contributed by atoms with E-state index in [2.05, 4.69) is 0 Å². The lowest BCUT2D eigenvalue weighted by molar-refractivity contribution is 0.183. The van der Waals surface area contributed by atoms with Crippen LogP contribution in [0.5, 0.6) is 0 Å². The molecule has 3 N–H and O–H groups in total. The number of nitrogens with zero attached hydrogens (tertiary/aromatic N) is 1. The van der Waals surface area contributed by atoms with Crippen LogP contribution >= 0.6 is 0 Å². The van der Waals surface area contributed by atoms with Crippen molar-refractivity contribution in [3.63, 3.8) is 0 Å². The second kappa shape index (κ2) is 7.88. The quantitative estimate of drug-likeness (QED) is 0.822. The lowest BCUT2D eigenvalue weighted by Crippen LogP contribution is -2.26. The third-order valence-corrected chi connectivity index (χ3v) is 3.41. The molecule has 4 heteroatoms. The van der Waals surface area contributed by atoms with Gasteiger partial charge in [-0.1, -0.05) is 42.5 Å². The van der Waals surface area contributed by atoms with Crippen molar-refractivity contribution in [1.82, 2.24) is 4.90 Å². The van der Waals surface area contributed by atoms with E-state index in [1.54, 1.807) is 12.1 Å². The highest BCUT2D eigenvalue weighted by Gasteiger charge is 2.10. The van der Waals surface area contributed by atoms with Crippen LogP contribution in [0, 0.1) is 5.82 Å². The van der Waals surface area contributed by atoms with Gasteiger partial charge in [0.2, 0.25) is 0 Å². The molecule has 0 atom stereocenters. The fourth-order valence-corrected chi connectivity index (χ4v) is 2.31. The van der Waals surface area contributed by atoms with Gasteiger partial charge in [0.25, 0.3) is 0 Å². The summed E-state index contributed by atoms with van der Waals surface area (Å²) in [5.41, 5.74) is 8.27. The van der Waals surface area contributed by atoms with Gasteiger partial charge in [0.1, 0.15) is 5.82 Å².